The Balaban J connectivity index is 1.68. The molecule has 4 rings (SSSR count). The third kappa shape index (κ3) is 4.27. The Bertz CT molecular complexity index is 1010. The Kier molecular flexibility index (Phi) is 7.11. The third-order valence-electron chi connectivity index (χ3n) is 6.16. The topological polar surface area (TPSA) is 117 Å². The molecule has 0 bridgehead atoms. The average molecular weight is 464 g/mol. The van der Waals surface area contributed by atoms with Gasteiger partial charge in [-0.1, -0.05) is 25.2 Å². The van der Waals surface area contributed by atoms with Crippen LogP contribution in [-0.2, 0) is 4.74 Å². The lowest BCUT2D eigenvalue weighted by atomic mass is 9.89. The Morgan fingerprint density at radius 1 is 1.31 bits per heavy atom. The summed E-state index contributed by atoms with van der Waals surface area (Å²) in [7, 11) is 0. The largest absolute Gasteiger partial charge is 0.394 e. The van der Waals surface area contributed by atoms with Crippen molar-refractivity contribution in [1.82, 2.24) is 19.5 Å². The van der Waals surface area contributed by atoms with Crippen molar-refractivity contribution in [3.8, 4) is 0 Å². The van der Waals surface area contributed by atoms with E-state index in [0.29, 0.717) is 22.9 Å². The first kappa shape index (κ1) is 23.1. The molecule has 0 aromatic carbocycles. The number of hydrogen-bond donors (Lipinski definition) is 3. The lowest BCUT2D eigenvalue weighted by molar-refractivity contribution is -0.0511. The molecule has 10 heteroatoms. The van der Waals surface area contributed by atoms with Crippen molar-refractivity contribution < 1.29 is 20.1 Å². The first-order valence-corrected chi connectivity index (χ1v) is 11.5. The molecule has 0 saturated carbocycles. The molecule has 3 N–H and O–H groups in total. The normalized spacial score (nSPS) is 29.5. The van der Waals surface area contributed by atoms with Crippen LogP contribution in [0.15, 0.2) is 30.1 Å². The highest BCUT2D eigenvalue weighted by Gasteiger charge is 2.44. The number of anilines is 1. The summed E-state index contributed by atoms with van der Waals surface area (Å²) in [6.45, 7) is 5.39. The number of fused-ring (bicyclic) bond motifs is 1. The zero-order chi connectivity index (χ0) is 22.8. The number of aliphatic hydroxyl groups is 3. The maximum atomic E-state index is 10.4. The minimum absolute atomic E-state index is 0.0703. The van der Waals surface area contributed by atoms with E-state index in [2.05, 4.69) is 45.0 Å². The van der Waals surface area contributed by atoms with Gasteiger partial charge in [0.15, 0.2) is 23.2 Å². The molecule has 2 saturated heterocycles. The number of hydrogen-bond acceptors (Lipinski definition) is 8. The van der Waals surface area contributed by atoms with Crippen LogP contribution in [0, 0.1) is 5.92 Å². The summed E-state index contributed by atoms with van der Waals surface area (Å²) in [5.41, 5.74) is 2.29. The highest BCUT2D eigenvalue weighted by Crippen LogP contribution is 2.35. The molecule has 0 amide bonds. The van der Waals surface area contributed by atoms with Crippen LogP contribution in [0.5, 0.6) is 0 Å². The number of piperidine rings is 1. The van der Waals surface area contributed by atoms with Gasteiger partial charge in [-0.3, -0.25) is 4.57 Å². The van der Waals surface area contributed by atoms with Crippen molar-refractivity contribution in [1.29, 1.82) is 0 Å². The van der Waals surface area contributed by atoms with Crippen LogP contribution in [0.2, 0.25) is 5.28 Å². The fraction of sp³-hybridized carbons (Fsp3) is 0.591. The van der Waals surface area contributed by atoms with Crippen LogP contribution in [0.25, 0.3) is 11.2 Å². The quantitative estimate of drug-likeness (QED) is 0.441. The summed E-state index contributed by atoms with van der Waals surface area (Å²) >= 11 is 6.29. The maximum Gasteiger partial charge on any atom is 0.226 e. The number of rotatable bonds is 6. The predicted octanol–water partition coefficient (Wildman–Crippen LogP) is 2.22. The number of ether oxygens (including phenoxy) is 1. The Morgan fingerprint density at radius 2 is 2.12 bits per heavy atom. The van der Waals surface area contributed by atoms with Gasteiger partial charge in [0, 0.05) is 19.0 Å². The molecule has 0 aliphatic carbocycles. The van der Waals surface area contributed by atoms with Crippen molar-refractivity contribution in [3.05, 3.63) is 35.4 Å². The summed E-state index contributed by atoms with van der Waals surface area (Å²) in [5, 5.41) is 30.0. The molecule has 2 aromatic heterocycles. The van der Waals surface area contributed by atoms with Crippen molar-refractivity contribution in [2.75, 3.05) is 24.6 Å². The van der Waals surface area contributed by atoms with Gasteiger partial charge in [-0.05, 0) is 43.4 Å². The highest BCUT2D eigenvalue weighted by molar-refractivity contribution is 6.28. The first-order chi connectivity index (χ1) is 15.5. The van der Waals surface area contributed by atoms with Crippen LogP contribution in [0.4, 0.5) is 5.82 Å². The number of halogens is 1. The van der Waals surface area contributed by atoms with Crippen LogP contribution in [-0.4, -0.2) is 72.8 Å². The minimum Gasteiger partial charge on any atom is -0.394 e. The zero-order valence-electron chi connectivity index (χ0n) is 18.3. The molecule has 174 valence electrons. The zero-order valence-corrected chi connectivity index (χ0v) is 19.1. The van der Waals surface area contributed by atoms with E-state index >= 15 is 0 Å². The number of nitrogens with zero attached hydrogens (tertiary/aromatic N) is 5. The monoisotopic (exact) mass is 463 g/mol. The first-order valence-electron chi connectivity index (χ1n) is 11.1. The number of aromatic nitrogens is 4. The van der Waals surface area contributed by atoms with Gasteiger partial charge in [0.05, 0.1) is 12.9 Å². The van der Waals surface area contributed by atoms with Crippen LogP contribution >= 0.6 is 11.6 Å². The Morgan fingerprint density at radius 3 is 2.81 bits per heavy atom. The molecule has 0 radical (unpaired) electrons. The lowest BCUT2D eigenvalue weighted by Gasteiger charge is -2.34. The third-order valence-corrected chi connectivity index (χ3v) is 6.33. The van der Waals surface area contributed by atoms with Crippen molar-refractivity contribution in [2.45, 2.75) is 57.6 Å². The van der Waals surface area contributed by atoms with Gasteiger partial charge < -0.3 is 25.0 Å². The van der Waals surface area contributed by atoms with Crippen molar-refractivity contribution >= 4 is 28.6 Å². The number of allylic oxidation sites excluding steroid dienone is 3. The smallest absolute Gasteiger partial charge is 0.226 e. The van der Waals surface area contributed by atoms with E-state index in [4.69, 9.17) is 16.3 Å². The van der Waals surface area contributed by atoms with E-state index in [-0.39, 0.29) is 5.28 Å². The van der Waals surface area contributed by atoms with Gasteiger partial charge in [0.1, 0.15) is 18.3 Å². The molecule has 32 heavy (non-hydrogen) atoms. The molecule has 2 aliphatic rings. The van der Waals surface area contributed by atoms with Gasteiger partial charge in [-0.2, -0.15) is 9.97 Å². The molecule has 5 unspecified atom stereocenters. The van der Waals surface area contributed by atoms with Gasteiger partial charge >= 0.3 is 0 Å². The van der Waals surface area contributed by atoms with E-state index in [9.17, 15) is 15.3 Å². The van der Waals surface area contributed by atoms with Crippen molar-refractivity contribution in [2.24, 2.45) is 5.92 Å². The molecule has 4 heterocycles. The fourth-order valence-electron chi connectivity index (χ4n) is 4.63. The van der Waals surface area contributed by atoms with E-state index in [1.54, 1.807) is 4.57 Å². The molecule has 5 atom stereocenters. The Hall–Kier alpha value is -2.04. The van der Waals surface area contributed by atoms with Gasteiger partial charge in [-0.15, -0.1) is 0 Å². The summed E-state index contributed by atoms with van der Waals surface area (Å²) in [6.07, 6.45) is 6.86. The molecular formula is C22H30ClN5O4. The molecule has 9 nitrogen and oxygen atoms in total. The van der Waals surface area contributed by atoms with E-state index < -0.39 is 31.1 Å². The number of imidazole rings is 1. The van der Waals surface area contributed by atoms with Gasteiger partial charge in [0.2, 0.25) is 5.28 Å². The van der Waals surface area contributed by atoms with Gasteiger partial charge in [-0.25, -0.2) is 4.98 Å². The molecule has 2 aromatic rings. The average Bonchev–Trinajstić information content (AvgIpc) is 3.33. The fourth-order valence-corrected chi connectivity index (χ4v) is 4.79. The maximum absolute atomic E-state index is 10.4. The van der Waals surface area contributed by atoms with Gasteiger partial charge in [0.25, 0.3) is 0 Å². The van der Waals surface area contributed by atoms with E-state index in [1.807, 2.05) is 6.92 Å². The molecule has 2 aliphatic heterocycles. The molecular weight excluding hydrogens is 434 g/mol. The number of aliphatic hydroxyl groups excluding tert-OH is 3. The summed E-state index contributed by atoms with van der Waals surface area (Å²) in [5.74, 6) is 1.03. The molecule has 2 fully saturated rings. The SMILES string of the molecule is C/C=C\C(=C/CC)C1CCCN(c2nc(Cl)nc3c2ncn3C2OC(CO)C(O)C2O)C1. The van der Waals surface area contributed by atoms with Crippen LogP contribution in [0.1, 0.15) is 39.3 Å². The van der Waals surface area contributed by atoms with Crippen LogP contribution in [0.3, 0.4) is 0 Å². The second-order valence-corrected chi connectivity index (χ2v) is 8.60. The highest BCUT2D eigenvalue weighted by atomic mass is 35.5. The lowest BCUT2D eigenvalue weighted by Crippen LogP contribution is -2.36. The Labute approximate surface area is 192 Å². The minimum atomic E-state index is -1.23. The van der Waals surface area contributed by atoms with E-state index in [0.717, 1.165) is 32.4 Å². The standard InChI is InChI=1S/C22H30ClN5O4/c1-3-6-13(7-4-2)14-8-5-9-27(10-14)19-16-20(26-22(23)25-19)28(12-24-16)21-18(31)17(30)15(11-29)32-21/h3,6-7,12,14-15,17-18,21,29-31H,4-5,8-11H2,1-2H3/b6-3-,13-7+. The second-order valence-electron chi connectivity index (χ2n) is 8.27. The second kappa shape index (κ2) is 9.84. The molecule has 0 spiro atoms. The summed E-state index contributed by atoms with van der Waals surface area (Å²) in [4.78, 5) is 15.5. The summed E-state index contributed by atoms with van der Waals surface area (Å²) in [6, 6.07) is 0. The van der Waals surface area contributed by atoms with E-state index in [1.165, 1.54) is 11.9 Å². The summed E-state index contributed by atoms with van der Waals surface area (Å²) < 4.78 is 7.20. The van der Waals surface area contributed by atoms with Crippen molar-refractivity contribution in [3.63, 3.8) is 0 Å². The van der Waals surface area contributed by atoms with Crippen LogP contribution < -0.4 is 4.90 Å². The predicted molar refractivity (Wildman–Crippen MR) is 121 cm³/mol.